The van der Waals surface area contributed by atoms with Gasteiger partial charge in [0.25, 0.3) is 0 Å². The zero-order valence-corrected chi connectivity index (χ0v) is 9.91. The normalized spacial score (nSPS) is 25.6. The highest BCUT2D eigenvalue weighted by Crippen LogP contribution is 2.47. The highest BCUT2D eigenvalue weighted by Gasteiger charge is 2.46. The predicted octanol–water partition coefficient (Wildman–Crippen LogP) is 1.12. The van der Waals surface area contributed by atoms with Gasteiger partial charge in [0.1, 0.15) is 0 Å². The van der Waals surface area contributed by atoms with E-state index in [2.05, 4.69) is 18.7 Å². The van der Waals surface area contributed by atoms with Gasteiger partial charge in [-0.1, -0.05) is 0 Å². The van der Waals surface area contributed by atoms with Gasteiger partial charge in [-0.3, -0.25) is 0 Å². The predicted molar refractivity (Wildman–Crippen MR) is 59.8 cm³/mol. The van der Waals surface area contributed by atoms with Crippen LogP contribution in [0, 0.1) is 11.3 Å². The smallest absolute Gasteiger partial charge is 0.0538 e. The van der Waals surface area contributed by atoms with E-state index >= 15 is 0 Å². The molecule has 0 aromatic heterocycles. The second-order valence-corrected chi connectivity index (χ2v) is 5.60. The van der Waals surface area contributed by atoms with Crippen LogP contribution in [0.5, 0.6) is 0 Å². The highest BCUT2D eigenvalue weighted by atomic mass is 16.5. The summed E-state index contributed by atoms with van der Waals surface area (Å²) in [4.78, 5) is 2.46. The Balaban J connectivity index is 1.66. The third kappa shape index (κ3) is 2.92. The number of nitrogens with zero attached hydrogens (tertiary/aromatic N) is 1. The largest absolute Gasteiger partial charge is 0.396 e. The van der Waals surface area contributed by atoms with Gasteiger partial charge in [-0.25, -0.2) is 0 Å². The minimum absolute atomic E-state index is 0.351. The molecule has 0 atom stereocenters. The van der Waals surface area contributed by atoms with Crippen molar-refractivity contribution in [2.75, 3.05) is 32.8 Å². The number of rotatable bonds is 6. The number of aliphatic hydroxyl groups is 1. The van der Waals surface area contributed by atoms with Gasteiger partial charge in [0.2, 0.25) is 0 Å². The van der Waals surface area contributed by atoms with E-state index in [0.29, 0.717) is 24.0 Å². The van der Waals surface area contributed by atoms with Crippen molar-refractivity contribution in [1.29, 1.82) is 0 Å². The van der Waals surface area contributed by atoms with E-state index in [1.807, 2.05) is 0 Å². The van der Waals surface area contributed by atoms with E-state index in [-0.39, 0.29) is 0 Å². The first-order valence-electron chi connectivity index (χ1n) is 6.08. The van der Waals surface area contributed by atoms with E-state index in [0.717, 1.165) is 19.7 Å². The van der Waals surface area contributed by atoms with Crippen LogP contribution in [0.1, 0.15) is 26.7 Å². The summed E-state index contributed by atoms with van der Waals surface area (Å²) in [6, 6.07) is 0. The lowest BCUT2D eigenvalue weighted by molar-refractivity contribution is -0.00195. The van der Waals surface area contributed by atoms with E-state index in [4.69, 9.17) is 9.84 Å². The summed E-state index contributed by atoms with van der Waals surface area (Å²) >= 11 is 0. The van der Waals surface area contributed by atoms with E-state index in [1.165, 1.54) is 19.4 Å². The van der Waals surface area contributed by atoms with Crippen molar-refractivity contribution < 1.29 is 9.84 Å². The summed E-state index contributed by atoms with van der Waals surface area (Å²) in [6.45, 7) is 8.82. The Labute approximate surface area is 92.4 Å². The zero-order valence-electron chi connectivity index (χ0n) is 9.91. The average Bonchev–Trinajstić information content (AvgIpc) is 2.88. The molecule has 1 N–H and O–H groups in total. The van der Waals surface area contributed by atoms with Crippen LogP contribution >= 0.6 is 0 Å². The summed E-state index contributed by atoms with van der Waals surface area (Å²) in [5.41, 5.74) is 0.463. The van der Waals surface area contributed by atoms with Crippen LogP contribution in [0.15, 0.2) is 0 Å². The number of likely N-dealkylation sites (tertiary alicyclic amines) is 1. The summed E-state index contributed by atoms with van der Waals surface area (Å²) in [6.07, 6.45) is 2.99. The summed E-state index contributed by atoms with van der Waals surface area (Å²) in [5.74, 6) is 0.534. The van der Waals surface area contributed by atoms with Crippen molar-refractivity contribution in [3.05, 3.63) is 0 Å². The Kier molecular flexibility index (Phi) is 3.33. The Hall–Kier alpha value is -0.120. The van der Waals surface area contributed by atoms with Gasteiger partial charge in [0.15, 0.2) is 0 Å². The summed E-state index contributed by atoms with van der Waals surface area (Å²) in [5, 5.41) is 8.94. The monoisotopic (exact) mass is 213 g/mol. The van der Waals surface area contributed by atoms with Crippen LogP contribution in [0.25, 0.3) is 0 Å². The average molecular weight is 213 g/mol. The summed E-state index contributed by atoms with van der Waals surface area (Å²) in [7, 11) is 0. The third-order valence-corrected chi connectivity index (χ3v) is 3.53. The first kappa shape index (κ1) is 11.4. The second kappa shape index (κ2) is 4.40. The Morgan fingerprint density at radius 1 is 1.40 bits per heavy atom. The van der Waals surface area contributed by atoms with Crippen molar-refractivity contribution in [3.63, 3.8) is 0 Å². The van der Waals surface area contributed by atoms with Gasteiger partial charge < -0.3 is 14.7 Å². The molecule has 1 saturated heterocycles. The van der Waals surface area contributed by atoms with Crippen LogP contribution in [0.2, 0.25) is 0 Å². The highest BCUT2D eigenvalue weighted by molar-refractivity contribution is 4.97. The van der Waals surface area contributed by atoms with Crippen molar-refractivity contribution in [2.24, 2.45) is 11.3 Å². The van der Waals surface area contributed by atoms with Crippen LogP contribution in [0.4, 0.5) is 0 Å². The molecule has 0 bridgehead atoms. The molecule has 1 saturated carbocycles. The molecule has 1 aliphatic heterocycles. The fraction of sp³-hybridized carbons (Fsp3) is 1.00. The van der Waals surface area contributed by atoms with Crippen LogP contribution in [-0.2, 0) is 4.74 Å². The van der Waals surface area contributed by atoms with Crippen LogP contribution < -0.4 is 0 Å². The Bertz CT molecular complexity index is 208. The number of ether oxygens (including phenoxy) is 1. The maximum Gasteiger partial charge on any atom is 0.0538 e. The summed E-state index contributed by atoms with van der Waals surface area (Å²) < 4.78 is 5.72. The van der Waals surface area contributed by atoms with E-state index < -0.39 is 0 Å². The molecule has 88 valence electrons. The number of aliphatic hydroxyl groups excluding tert-OH is 1. The Morgan fingerprint density at radius 3 is 2.53 bits per heavy atom. The maximum atomic E-state index is 8.94. The van der Waals surface area contributed by atoms with E-state index in [9.17, 15) is 0 Å². The molecule has 0 aromatic carbocycles. The van der Waals surface area contributed by atoms with Gasteiger partial charge in [0, 0.05) is 37.6 Å². The molecule has 0 radical (unpaired) electrons. The molecular formula is C12H23NO2. The molecule has 0 spiro atoms. The fourth-order valence-corrected chi connectivity index (χ4v) is 2.26. The molecule has 15 heavy (non-hydrogen) atoms. The van der Waals surface area contributed by atoms with Crippen molar-refractivity contribution in [2.45, 2.75) is 32.8 Å². The molecule has 3 heteroatoms. The Morgan fingerprint density at radius 2 is 2.07 bits per heavy atom. The molecule has 1 heterocycles. The maximum absolute atomic E-state index is 8.94. The minimum atomic E-state index is 0.351. The minimum Gasteiger partial charge on any atom is -0.396 e. The van der Waals surface area contributed by atoms with E-state index in [1.54, 1.807) is 0 Å². The van der Waals surface area contributed by atoms with Gasteiger partial charge in [-0.15, -0.1) is 0 Å². The molecule has 0 amide bonds. The van der Waals surface area contributed by atoms with Gasteiger partial charge in [-0.2, -0.15) is 0 Å². The fourth-order valence-electron chi connectivity index (χ4n) is 2.26. The molecule has 2 rings (SSSR count). The van der Waals surface area contributed by atoms with Crippen molar-refractivity contribution in [3.8, 4) is 0 Å². The molecule has 0 aromatic rings. The van der Waals surface area contributed by atoms with Crippen molar-refractivity contribution in [1.82, 2.24) is 4.90 Å². The number of hydrogen-bond acceptors (Lipinski definition) is 3. The molecule has 2 fully saturated rings. The molecular weight excluding hydrogens is 190 g/mol. The van der Waals surface area contributed by atoms with Crippen LogP contribution in [0.3, 0.4) is 0 Å². The van der Waals surface area contributed by atoms with Gasteiger partial charge in [0.05, 0.1) is 12.7 Å². The molecule has 1 aliphatic carbocycles. The van der Waals surface area contributed by atoms with Crippen molar-refractivity contribution >= 4 is 0 Å². The molecule has 2 aliphatic rings. The molecule has 3 nitrogen and oxygen atoms in total. The second-order valence-electron chi connectivity index (χ2n) is 5.60. The zero-order chi connectivity index (χ0) is 10.9. The third-order valence-electron chi connectivity index (χ3n) is 3.53. The first-order valence-corrected chi connectivity index (χ1v) is 6.08. The van der Waals surface area contributed by atoms with Crippen LogP contribution in [-0.4, -0.2) is 49.0 Å². The van der Waals surface area contributed by atoms with Gasteiger partial charge >= 0.3 is 0 Å². The molecule has 0 unspecified atom stereocenters. The lowest BCUT2D eigenvalue weighted by Gasteiger charge is -2.40. The number of hydrogen-bond donors (Lipinski definition) is 1. The SMILES string of the molecule is CC(C)OCC1(CN2CC(CO)C2)CC1. The lowest BCUT2D eigenvalue weighted by Crippen LogP contribution is -2.51. The topological polar surface area (TPSA) is 32.7 Å². The quantitative estimate of drug-likeness (QED) is 0.717. The standard InChI is InChI=1S/C12H23NO2/c1-10(2)15-9-12(3-4-12)8-13-5-11(6-13)7-14/h10-11,14H,3-9H2,1-2H3. The lowest BCUT2D eigenvalue weighted by atomic mass is 9.98. The first-order chi connectivity index (χ1) is 7.13. The van der Waals surface area contributed by atoms with Gasteiger partial charge in [-0.05, 0) is 26.7 Å².